The van der Waals surface area contributed by atoms with Crippen molar-refractivity contribution in [3.63, 3.8) is 0 Å². The molecule has 0 N–H and O–H groups in total. The van der Waals surface area contributed by atoms with E-state index < -0.39 is 24.1 Å². The fraction of sp³-hybridized carbons (Fsp3) is 0.533. The molecule has 0 bridgehead atoms. The zero-order valence-corrected chi connectivity index (χ0v) is 14.7. The minimum atomic E-state index is -0.629. The Morgan fingerprint density at radius 3 is 2.00 bits per heavy atom. The van der Waals surface area contributed by atoms with Gasteiger partial charge in [0.15, 0.2) is 0 Å². The first-order chi connectivity index (χ1) is 9.53. The molecular formula is C15H18BBrFNO2. The van der Waals surface area contributed by atoms with Crippen molar-refractivity contribution in [3.05, 3.63) is 27.0 Å². The van der Waals surface area contributed by atoms with Crippen molar-refractivity contribution in [2.24, 2.45) is 0 Å². The molecule has 1 saturated heterocycles. The van der Waals surface area contributed by atoms with Gasteiger partial charge in [-0.15, -0.1) is 0 Å². The normalized spacial score (nSPS) is 19.7. The van der Waals surface area contributed by atoms with Crippen LogP contribution >= 0.6 is 15.9 Å². The van der Waals surface area contributed by atoms with Gasteiger partial charge in [-0.1, -0.05) is 15.9 Å². The number of rotatable bonds is 1. The maximum Gasteiger partial charge on any atom is 0.496 e. The summed E-state index contributed by atoms with van der Waals surface area (Å²) in [6.45, 7) is 11.2. The van der Waals surface area contributed by atoms with Crippen molar-refractivity contribution in [3.8, 4) is 6.07 Å². The van der Waals surface area contributed by atoms with Crippen LogP contribution in [0.5, 0.6) is 0 Å². The van der Waals surface area contributed by atoms with E-state index in [2.05, 4.69) is 15.9 Å². The molecule has 0 atom stereocenters. The summed E-state index contributed by atoms with van der Waals surface area (Å²) >= 11 is 3.42. The standard InChI is InChI=1S/C15H18BBrFNO2/c1-8-10(7-19)13(18)9(2)12(17)11(8)16-20-14(3,4)15(5,6)21-16/h1-6H3. The summed E-state index contributed by atoms with van der Waals surface area (Å²) in [7, 11) is -0.629. The molecule has 0 unspecified atom stereocenters. The highest BCUT2D eigenvalue weighted by molar-refractivity contribution is 9.10. The van der Waals surface area contributed by atoms with Crippen molar-refractivity contribution >= 4 is 28.5 Å². The van der Waals surface area contributed by atoms with Gasteiger partial charge in [0, 0.05) is 9.94 Å². The lowest BCUT2D eigenvalue weighted by Gasteiger charge is -2.32. The van der Waals surface area contributed by atoms with Gasteiger partial charge >= 0.3 is 7.12 Å². The number of hydrogen-bond donors (Lipinski definition) is 0. The minimum Gasteiger partial charge on any atom is -0.399 e. The van der Waals surface area contributed by atoms with Crippen LogP contribution in [-0.4, -0.2) is 18.3 Å². The fourth-order valence-electron chi connectivity index (χ4n) is 2.32. The largest absolute Gasteiger partial charge is 0.496 e. The topological polar surface area (TPSA) is 42.2 Å². The molecule has 0 radical (unpaired) electrons. The second-order valence-corrected chi connectivity index (χ2v) is 7.16. The van der Waals surface area contributed by atoms with Crippen molar-refractivity contribution < 1.29 is 13.7 Å². The number of nitriles is 1. The molecule has 1 fully saturated rings. The molecule has 1 aromatic rings. The highest BCUT2D eigenvalue weighted by Crippen LogP contribution is 2.38. The van der Waals surface area contributed by atoms with Gasteiger partial charge in [0.05, 0.1) is 16.8 Å². The summed E-state index contributed by atoms with van der Waals surface area (Å²) < 4.78 is 26.8. The summed E-state index contributed by atoms with van der Waals surface area (Å²) in [5.41, 5.74) is 0.689. The average Bonchev–Trinajstić information content (AvgIpc) is 2.56. The smallest absolute Gasteiger partial charge is 0.399 e. The zero-order chi connectivity index (χ0) is 16.2. The van der Waals surface area contributed by atoms with E-state index in [1.54, 1.807) is 13.8 Å². The van der Waals surface area contributed by atoms with Gasteiger partial charge in [-0.05, 0) is 52.7 Å². The first kappa shape index (κ1) is 16.5. The van der Waals surface area contributed by atoms with Crippen LogP contribution < -0.4 is 5.46 Å². The second kappa shape index (κ2) is 5.08. The lowest BCUT2D eigenvalue weighted by atomic mass is 9.74. The van der Waals surface area contributed by atoms with Gasteiger partial charge in [0.1, 0.15) is 11.9 Å². The first-order valence-electron chi connectivity index (χ1n) is 6.77. The SMILES string of the molecule is Cc1c(F)c(C#N)c(C)c(B2OC(C)(C)C(C)(C)O2)c1Br. The number of benzene rings is 1. The summed E-state index contributed by atoms with van der Waals surface area (Å²) in [5.74, 6) is -0.498. The molecule has 1 heterocycles. The summed E-state index contributed by atoms with van der Waals surface area (Å²) in [4.78, 5) is 0. The highest BCUT2D eigenvalue weighted by atomic mass is 79.9. The van der Waals surface area contributed by atoms with Gasteiger partial charge in [-0.3, -0.25) is 0 Å². The number of halogens is 2. The Bertz CT molecular complexity index is 636. The Hall–Kier alpha value is -0.895. The Labute approximate surface area is 133 Å². The van der Waals surface area contributed by atoms with E-state index >= 15 is 0 Å². The summed E-state index contributed by atoms with van der Waals surface area (Å²) in [6.07, 6.45) is 0. The van der Waals surface area contributed by atoms with Crippen molar-refractivity contribution in [1.29, 1.82) is 5.26 Å². The van der Waals surface area contributed by atoms with Crippen molar-refractivity contribution in [2.75, 3.05) is 0 Å². The third kappa shape index (κ3) is 2.42. The Morgan fingerprint density at radius 1 is 1.10 bits per heavy atom. The molecule has 0 spiro atoms. The molecule has 2 rings (SSSR count). The third-order valence-electron chi connectivity index (χ3n) is 4.49. The van der Waals surface area contributed by atoms with Gasteiger partial charge in [-0.2, -0.15) is 5.26 Å². The molecule has 1 aromatic carbocycles. The molecule has 0 aliphatic carbocycles. The molecule has 0 aromatic heterocycles. The molecule has 1 aliphatic heterocycles. The molecule has 112 valence electrons. The molecule has 21 heavy (non-hydrogen) atoms. The monoisotopic (exact) mass is 353 g/mol. The lowest BCUT2D eigenvalue weighted by Crippen LogP contribution is -2.41. The minimum absolute atomic E-state index is 0.0420. The first-order valence-corrected chi connectivity index (χ1v) is 7.56. The van der Waals surface area contributed by atoms with E-state index in [4.69, 9.17) is 9.31 Å². The second-order valence-electron chi connectivity index (χ2n) is 6.37. The van der Waals surface area contributed by atoms with E-state index in [1.165, 1.54) is 0 Å². The van der Waals surface area contributed by atoms with Crippen LogP contribution in [0, 0.1) is 31.0 Å². The summed E-state index contributed by atoms with van der Waals surface area (Å²) in [5, 5.41) is 9.20. The molecule has 6 heteroatoms. The van der Waals surface area contributed by atoms with E-state index in [1.807, 2.05) is 33.8 Å². The van der Waals surface area contributed by atoms with Gasteiger partial charge in [0.25, 0.3) is 0 Å². The van der Waals surface area contributed by atoms with Crippen LogP contribution in [0.3, 0.4) is 0 Å². The Balaban J connectivity index is 2.63. The van der Waals surface area contributed by atoms with Crippen LogP contribution in [0.25, 0.3) is 0 Å². The van der Waals surface area contributed by atoms with E-state index in [9.17, 15) is 9.65 Å². The molecular weight excluding hydrogens is 336 g/mol. The van der Waals surface area contributed by atoms with E-state index in [0.29, 0.717) is 21.1 Å². The van der Waals surface area contributed by atoms with Crippen molar-refractivity contribution in [2.45, 2.75) is 52.7 Å². The Morgan fingerprint density at radius 2 is 1.57 bits per heavy atom. The van der Waals surface area contributed by atoms with Crippen LogP contribution in [-0.2, 0) is 9.31 Å². The zero-order valence-electron chi connectivity index (χ0n) is 13.1. The number of hydrogen-bond acceptors (Lipinski definition) is 3. The molecule has 0 amide bonds. The summed E-state index contributed by atoms with van der Waals surface area (Å²) in [6, 6.07) is 1.93. The Kier molecular flexibility index (Phi) is 3.99. The molecule has 1 aliphatic rings. The van der Waals surface area contributed by atoms with Gasteiger partial charge < -0.3 is 9.31 Å². The maximum absolute atomic E-state index is 14.2. The highest BCUT2D eigenvalue weighted by Gasteiger charge is 2.53. The number of nitrogens with zero attached hydrogens (tertiary/aromatic N) is 1. The van der Waals surface area contributed by atoms with Crippen LogP contribution in [0.1, 0.15) is 44.4 Å². The lowest BCUT2D eigenvalue weighted by molar-refractivity contribution is 0.00578. The van der Waals surface area contributed by atoms with E-state index in [0.717, 1.165) is 0 Å². The quantitative estimate of drug-likeness (QED) is 0.727. The van der Waals surface area contributed by atoms with Crippen LogP contribution in [0.4, 0.5) is 4.39 Å². The van der Waals surface area contributed by atoms with E-state index in [-0.39, 0.29) is 5.56 Å². The molecule has 3 nitrogen and oxygen atoms in total. The predicted octanol–water partition coefficient (Wildman–Crippen LogP) is 3.38. The predicted molar refractivity (Wildman–Crippen MR) is 84.0 cm³/mol. The third-order valence-corrected chi connectivity index (χ3v) is 5.52. The van der Waals surface area contributed by atoms with Gasteiger partial charge in [-0.25, -0.2) is 4.39 Å². The van der Waals surface area contributed by atoms with Crippen LogP contribution in [0.15, 0.2) is 4.47 Å². The van der Waals surface area contributed by atoms with Crippen molar-refractivity contribution in [1.82, 2.24) is 0 Å². The van der Waals surface area contributed by atoms with Gasteiger partial charge in [0.2, 0.25) is 0 Å². The maximum atomic E-state index is 14.2. The average molecular weight is 354 g/mol. The molecule has 0 saturated carbocycles. The fourth-order valence-corrected chi connectivity index (χ4v) is 2.98. The van der Waals surface area contributed by atoms with Crippen LogP contribution in [0.2, 0.25) is 0 Å².